The van der Waals surface area contributed by atoms with Crippen molar-refractivity contribution >= 4 is 11.8 Å². The molecule has 0 radical (unpaired) electrons. The molecule has 1 unspecified atom stereocenters. The van der Waals surface area contributed by atoms with Gasteiger partial charge in [-0.15, -0.1) is 11.8 Å². The molecule has 1 N–H and O–H groups in total. The van der Waals surface area contributed by atoms with E-state index in [-0.39, 0.29) is 0 Å². The van der Waals surface area contributed by atoms with E-state index in [4.69, 9.17) is 0 Å². The maximum Gasteiger partial charge on any atom is 0.105 e. The summed E-state index contributed by atoms with van der Waals surface area (Å²) in [7, 11) is 0. The molecule has 1 aromatic carbocycles. The van der Waals surface area contributed by atoms with E-state index >= 15 is 0 Å². The predicted molar refractivity (Wildman–Crippen MR) is 58.7 cm³/mol. The second kappa shape index (κ2) is 4.16. The van der Waals surface area contributed by atoms with Crippen molar-refractivity contribution in [3.63, 3.8) is 0 Å². The SMILES string of the molecule is CC(SC(C)(C)O)c1ccccc1. The van der Waals surface area contributed by atoms with Gasteiger partial charge in [0.15, 0.2) is 0 Å². The fraction of sp³-hybridized carbons (Fsp3) is 0.455. The van der Waals surface area contributed by atoms with Crippen molar-refractivity contribution in [1.82, 2.24) is 0 Å². The first-order chi connectivity index (χ1) is 5.99. The summed E-state index contributed by atoms with van der Waals surface area (Å²) in [5.74, 6) is 0. The maximum atomic E-state index is 9.61. The summed E-state index contributed by atoms with van der Waals surface area (Å²) >= 11 is 1.57. The third-order valence-electron chi connectivity index (χ3n) is 1.73. The van der Waals surface area contributed by atoms with Crippen LogP contribution in [0.3, 0.4) is 0 Å². The van der Waals surface area contributed by atoms with Crippen molar-refractivity contribution < 1.29 is 5.11 Å². The highest BCUT2D eigenvalue weighted by Gasteiger charge is 2.18. The quantitative estimate of drug-likeness (QED) is 0.749. The van der Waals surface area contributed by atoms with Gasteiger partial charge in [0.1, 0.15) is 4.93 Å². The molecule has 0 fully saturated rings. The third-order valence-corrected chi connectivity index (χ3v) is 2.94. The Hall–Kier alpha value is -0.470. The van der Waals surface area contributed by atoms with E-state index < -0.39 is 4.93 Å². The minimum atomic E-state index is -0.657. The molecule has 1 rings (SSSR count). The third kappa shape index (κ3) is 3.83. The Morgan fingerprint density at radius 2 is 1.77 bits per heavy atom. The highest BCUT2D eigenvalue weighted by Crippen LogP contribution is 2.36. The Bertz CT molecular complexity index is 251. The molecule has 0 saturated heterocycles. The van der Waals surface area contributed by atoms with Crippen molar-refractivity contribution in [2.45, 2.75) is 31.0 Å². The lowest BCUT2D eigenvalue weighted by Gasteiger charge is -2.21. The fourth-order valence-electron chi connectivity index (χ4n) is 1.22. The summed E-state index contributed by atoms with van der Waals surface area (Å²) in [6.07, 6.45) is 0. The first-order valence-electron chi connectivity index (χ1n) is 4.44. The van der Waals surface area contributed by atoms with Crippen LogP contribution in [0.4, 0.5) is 0 Å². The Kier molecular flexibility index (Phi) is 3.40. The number of rotatable bonds is 3. The second-order valence-corrected chi connectivity index (χ2v) is 5.56. The van der Waals surface area contributed by atoms with E-state index in [0.717, 1.165) is 0 Å². The van der Waals surface area contributed by atoms with Gasteiger partial charge < -0.3 is 5.11 Å². The molecule has 1 atom stereocenters. The average Bonchev–Trinajstić information content (AvgIpc) is 2.03. The Morgan fingerprint density at radius 1 is 1.23 bits per heavy atom. The molecule has 13 heavy (non-hydrogen) atoms. The minimum absolute atomic E-state index is 0.334. The smallest absolute Gasteiger partial charge is 0.105 e. The lowest BCUT2D eigenvalue weighted by atomic mass is 10.2. The number of aliphatic hydroxyl groups is 1. The van der Waals surface area contributed by atoms with Gasteiger partial charge in [-0.05, 0) is 26.3 Å². The first kappa shape index (κ1) is 10.6. The molecule has 0 heterocycles. The zero-order valence-electron chi connectivity index (χ0n) is 8.32. The number of benzene rings is 1. The number of hydrogen-bond donors (Lipinski definition) is 1. The van der Waals surface area contributed by atoms with Crippen LogP contribution in [0.1, 0.15) is 31.6 Å². The zero-order valence-corrected chi connectivity index (χ0v) is 9.14. The summed E-state index contributed by atoms with van der Waals surface area (Å²) < 4.78 is 0. The van der Waals surface area contributed by atoms with Gasteiger partial charge in [-0.2, -0.15) is 0 Å². The molecule has 0 bridgehead atoms. The van der Waals surface area contributed by atoms with Gasteiger partial charge in [0, 0.05) is 5.25 Å². The summed E-state index contributed by atoms with van der Waals surface area (Å²) in [4.78, 5) is -0.657. The lowest BCUT2D eigenvalue weighted by molar-refractivity contribution is 0.178. The van der Waals surface area contributed by atoms with Crippen LogP contribution in [0.5, 0.6) is 0 Å². The van der Waals surface area contributed by atoms with Crippen LogP contribution in [0.15, 0.2) is 30.3 Å². The standard InChI is InChI=1S/C11H16OS/c1-9(13-11(2,3)12)10-7-5-4-6-8-10/h4-9,12H,1-3H3. The molecular formula is C11H16OS. The molecular weight excluding hydrogens is 180 g/mol. The van der Waals surface area contributed by atoms with Crippen molar-refractivity contribution in [2.24, 2.45) is 0 Å². The maximum absolute atomic E-state index is 9.61. The molecule has 0 saturated carbocycles. The molecule has 72 valence electrons. The zero-order chi connectivity index (χ0) is 9.90. The number of hydrogen-bond acceptors (Lipinski definition) is 2. The van der Waals surface area contributed by atoms with E-state index in [9.17, 15) is 5.11 Å². The van der Waals surface area contributed by atoms with Gasteiger partial charge in [0.25, 0.3) is 0 Å². The van der Waals surface area contributed by atoms with Crippen LogP contribution in [0, 0.1) is 0 Å². The molecule has 2 heteroatoms. The van der Waals surface area contributed by atoms with E-state index in [1.54, 1.807) is 11.8 Å². The van der Waals surface area contributed by atoms with Gasteiger partial charge in [-0.1, -0.05) is 30.3 Å². The van der Waals surface area contributed by atoms with E-state index in [2.05, 4.69) is 19.1 Å². The topological polar surface area (TPSA) is 20.2 Å². The van der Waals surface area contributed by atoms with Gasteiger partial charge in [0.2, 0.25) is 0 Å². The van der Waals surface area contributed by atoms with E-state index in [1.165, 1.54) is 5.56 Å². The van der Waals surface area contributed by atoms with Crippen LogP contribution in [0.25, 0.3) is 0 Å². The summed E-state index contributed by atoms with van der Waals surface area (Å²) in [5, 5.41) is 9.95. The van der Waals surface area contributed by atoms with Gasteiger partial charge >= 0.3 is 0 Å². The van der Waals surface area contributed by atoms with E-state index in [0.29, 0.717) is 5.25 Å². The monoisotopic (exact) mass is 196 g/mol. The van der Waals surface area contributed by atoms with Crippen molar-refractivity contribution in [2.75, 3.05) is 0 Å². The van der Waals surface area contributed by atoms with Gasteiger partial charge in [-0.3, -0.25) is 0 Å². The Balaban J connectivity index is 2.64. The largest absolute Gasteiger partial charge is 0.380 e. The van der Waals surface area contributed by atoms with Gasteiger partial charge in [0.05, 0.1) is 0 Å². The summed E-state index contributed by atoms with van der Waals surface area (Å²) in [6.45, 7) is 5.74. The van der Waals surface area contributed by atoms with E-state index in [1.807, 2.05) is 32.0 Å². The minimum Gasteiger partial charge on any atom is -0.380 e. The predicted octanol–water partition coefficient (Wildman–Crippen LogP) is 3.21. The molecule has 1 aromatic rings. The molecule has 0 aliphatic heterocycles. The number of thioether (sulfide) groups is 1. The molecule has 0 aliphatic carbocycles. The first-order valence-corrected chi connectivity index (χ1v) is 5.32. The molecule has 0 aromatic heterocycles. The molecule has 0 spiro atoms. The molecule has 1 nitrogen and oxygen atoms in total. The average molecular weight is 196 g/mol. The normalized spacial score (nSPS) is 14.2. The van der Waals surface area contributed by atoms with Crippen molar-refractivity contribution in [3.05, 3.63) is 35.9 Å². The second-order valence-electron chi connectivity index (χ2n) is 3.62. The van der Waals surface area contributed by atoms with Crippen LogP contribution >= 0.6 is 11.8 Å². The van der Waals surface area contributed by atoms with Crippen LogP contribution in [0.2, 0.25) is 0 Å². The highest BCUT2D eigenvalue weighted by molar-refractivity contribution is 8.00. The van der Waals surface area contributed by atoms with Crippen molar-refractivity contribution in [3.8, 4) is 0 Å². The lowest BCUT2D eigenvalue weighted by Crippen LogP contribution is -2.14. The van der Waals surface area contributed by atoms with Crippen LogP contribution in [-0.2, 0) is 0 Å². The fourth-order valence-corrected chi connectivity index (χ4v) is 2.38. The van der Waals surface area contributed by atoms with Crippen LogP contribution in [-0.4, -0.2) is 10.0 Å². The van der Waals surface area contributed by atoms with Crippen LogP contribution < -0.4 is 0 Å². The summed E-state index contributed by atoms with van der Waals surface area (Å²) in [6, 6.07) is 10.2. The Morgan fingerprint density at radius 3 is 2.23 bits per heavy atom. The molecule has 0 aliphatic rings. The molecule has 0 amide bonds. The summed E-state index contributed by atoms with van der Waals surface area (Å²) in [5.41, 5.74) is 1.26. The Labute approximate surface area is 84.2 Å². The van der Waals surface area contributed by atoms with Gasteiger partial charge in [-0.25, -0.2) is 0 Å². The highest BCUT2D eigenvalue weighted by atomic mass is 32.2. The van der Waals surface area contributed by atoms with Crippen molar-refractivity contribution in [1.29, 1.82) is 0 Å².